The lowest BCUT2D eigenvalue weighted by atomic mass is 10.1. The predicted octanol–water partition coefficient (Wildman–Crippen LogP) is 3.18. The molecule has 1 N–H and O–H groups in total. The van der Waals surface area contributed by atoms with Crippen LogP contribution in [-0.2, 0) is 11.0 Å². The van der Waals surface area contributed by atoms with Gasteiger partial charge in [0.1, 0.15) is 5.01 Å². The molecule has 0 aliphatic carbocycles. The summed E-state index contributed by atoms with van der Waals surface area (Å²) in [7, 11) is 0. The second kappa shape index (κ2) is 4.96. The molecule has 0 aliphatic heterocycles. The third kappa shape index (κ3) is 3.28. The molecular formula is C11H8F3N3OS. The van der Waals surface area contributed by atoms with Crippen LogP contribution in [0.25, 0.3) is 10.6 Å². The van der Waals surface area contributed by atoms with E-state index < -0.39 is 11.7 Å². The van der Waals surface area contributed by atoms with Gasteiger partial charge in [-0.15, -0.1) is 10.2 Å². The summed E-state index contributed by atoms with van der Waals surface area (Å²) in [4.78, 5) is 10.8. The molecule has 0 fully saturated rings. The van der Waals surface area contributed by atoms with Crippen LogP contribution in [0.15, 0.2) is 24.3 Å². The molecule has 0 spiro atoms. The molecule has 0 radical (unpaired) electrons. The van der Waals surface area contributed by atoms with Crippen molar-refractivity contribution in [3.05, 3.63) is 29.8 Å². The number of halogens is 3. The summed E-state index contributed by atoms with van der Waals surface area (Å²) in [6.07, 6.45) is -4.36. The van der Waals surface area contributed by atoms with Crippen molar-refractivity contribution >= 4 is 22.4 Å². The summed E-state index contributed by atoms with van der Waals surface area (Å²) in [6.45, 7) is 1.33. The zero-order valence-corrected chi connectivity index (χ0v) is 10.5. The van der Waals surface area contributed by atoms with Gasteiger partial charge in [-0.2, -0.15) is 13.2 Å². The van der Waals surface area contributed by atoms with E-state index in [2.05, 4.69) is 15.5 Å². The molecule has 100 valence electrons. The first kappa shape index (κ1) is 13.5. The lowest BCUT2D eigenvalue weighted by Gasteiger charge is -2.06. The topological polar surface area (TPSA) is 54.9 Å². The first-order valence-corrected chi connectivity index (χ1v) is 5.96. The van der Waals surface area contributed by atoms with E-state index in [1.54, 1.807) is 0 Å². The summed E-state index contributed by atoms with van der Waals surface area (Å²) >= 11 is 1.09. The Morgan fingerprint density at radius 2 is 1.84 bits per heavy atom. The molecule has 0 bridgehead atoms. The Morgan fingerprint density at radius 3 is 2.37 bits per heavy atom. The minimum Gasteiger partial charge on any atom is -0.301 e. The Bertz CT molecular complexity index is 592. The van der Waals surface area contributed by atoms with E-state index >= 15 is 0 Å². The molecule has 2 aromatic rings. The van der Waals surface area contributed by atoms with Crippen LogP contribution in [0.2, 0.25) is 0 Å². The van der Waals surface area contributed by atoms with Crippen molar-refractivity contribution in [1.29, 1.82) is 0 Å². The van der Waals surface area contributed by atoms with Crippen LogP contribution in [0.4, 0.5) is 18.3 Å². The molecule has 0 saturated carbocycles. The van der Waals surface area contributed by atoms with Gasteiger partial charge in [0, 0.05) is 12.5 Å². The molecule has 1 heterocycles. The largest absolute Gasteiger partial charge is 0.416 e. The van der Waals surface area contributed by atoms with Gasteiger partial charge in [0.25, 0.3) is 0 Å². The number of carbonyl (C=O) groups is 1. The van der Waals surface area contributed by atoms with E-state index in [4.69, 9.17) is 0 Å². The van der Waals surface area contributed by atoms with E-state index in [0.717, 1.165) is 23.5 Å². The Labute approximate surface area is 110 Å². The normalized spacial score (nSPS) is 11.4. The standard InChI is InChI=1S/C11H8F3N3OS/c1-6(18)15-10-17-16-9(19-10)7-2-4-8(5-3-7)11(12,13)14/h2-5H,1H3,(H,15,17,18). The van der Waals surface area contributed by atoms with E-state index in [1.165, 1.54) is 19.1 Å². The molecule has 1 aromatic heterocycles. The van der Waals surface area contributed by atoms with Gasteiger partial charge in [0.2, 0.25) is 11.0 Å². The van der Waals surface area contributed by atoms with Gasteiger partial charge in [-0.1, -0.05) is 23.5 Å². The summed E-state index contributed by atoms with van der Waals surface area (Å²) < 4.78 is 37.2. The van der Waals surface area contributed by atoms with Crippen molar-refractivity contribution in [3.63, 3.8) is 0 Å². The van der Waals surface area contributed by atoms with Crippen LogP contribution in [0.5, 0.6) is 0 Å². The number of nitrogens with zero attached hydrogens (tertiary/aromatic N) is 2. The third-order valence-electron chi connectivity index (χ3n) is 2.17. The van der Waals surface area contributed by atoms with Crippen LogP contribution >= 0.6 is 11.3 Å². The van der Waals surface area contributed by atoms with Gasteiger partial charge >= 0.3 is 6.18 Å². The molecule has 0 unspecified atom stereocenters. The fourth-order valence-electron chi connectivity index (χ4n) is 1.34. The smallest absolute Gasteiger partial charge is 0.301 e. The first-order chi connectivity index (χ1) is 8.86. The van der Waals surface area contributed by atoms with Crippen molar-refractivity contribution in [1.82, 2.24) is 10.2 Å². The molecule has 8 heteroatoms. The lowest BCUT2D eigenvalue weighted by molar-refractivity contribution is -0.137. The fraction of sp³-hybridized carbons (Fsp3) is 0.182. The molecule has 0 atom stereocenters. The van der Waals surface area contributed by atoms with Gasteiger partial charge in [-0.3, -0.25) is 4.79 Å². The SMILES string of the molecule is CC(=O)Nc1nnc(-c2ccc(C(F)(F)F)cc2)s1. The lowest BCUT2D eigenvalue weighted by Crippen LogP contribution is -2.04. The maximum atomic E-state index is 12.4. The molecule has 2 rings (SSSR count). The monoisotopic (exact) mass is 287 g/mol. The zero-order chi connectivity index (χ0) is 14.0. The summed E-state index contributed by atoms with van der Waals surface area (Å²) in [5.74, 6) is -0.282. The highest BCUT2D eigenvalue weighted by Crippen LogP contribution is 2.32. The molecule has 0 saturated heterocycles. The van der Waals surface area contributed by atoms with Gasteiger partial charge in [-0.25, -0.2) is 0 Å². The number of anilines is 1. The maximum Gasteiger partial charge on any atom is 0.416 e. The van der Waals surface area contributed by atoms with Crippen LogP contribution < -0.4 is 5.32 Å². The number of aromatic nitrogens is 2. The van der Waals surface area contributed by atoms with Crippen LogP contribution in [0.1, 0.15) is 12.5 Å². The molecule has 0 aliphatic rings. The minimum absolute atomic E-state index is 0.282. The molecule has 1 amide bonds. The van der Waals surface area contributed by atoms with Crippen LogP contribution in [-0.4, -0.2) is 16.1 Å². The second-order valence-corrected chi connectivity index (χ2v) is 4.65. The first-order valence-electron chi connectivity index (χ1n) is 5.15. The van der Waals surface area contributed by atoms with Crippen molar-refractivity contribution < 1.29 is 18.0 Å². The van der Waals surface area contributed by atoms with Crippen molar-refractivity contribution in [3.8, 4) is 10.6 Å². The third-order valence-corrected chi connectivity index (χ3v) is 3.05. The Morgan fingerprint density at radius 1 is 1.21 bits per heavy atom. The number of hydrogen-bond acceptors (Lipinski definition) is 4. The zero-order valence-electron chi connectivity index (χ0n) is 9.65. The molecule has 1 aromatic carbocycles. The number of alkyl halides is 3. The average molecular weight is 287 g/mol. The van der Waals surface area contributed by atoms with E-state index in [-0.39, 0.29) is 5.91 Å². The second-order valence-electron chi connectivity index (χ2n) is 3.67. The number of rotatable bonds is 2. The number of nitrogens with one attached hydrogen (secondary N) is 1. The average Bonchev–Trinajstić information content (AvgIpc) is 2.75. The van der Waals surface area contributed by atoms with Crippen molar-refractivity contribution in [2.45, 2.75) is 13.1 Å². The Kier molecular flexibility index (Phi) is 3.52. The molecular weight excluding hydrogens is 279 g/mol. The molecule has 4 nitrogen and oxygen atoms in total. The van der Waals surface area contributed by atoms with Gasteiger partial charge in [0.15, 0.2) is 0 Å². The fourth-order valence-corrected chi connectivity index (χ4v) is 2.14. The molecule has 19 heavy (non-hydrogen) atoms. The number of amides is 1. The minimum atomic E-state index is -4.36. The number of hydrogen-bond donors (Lipinski definition) is 1. The predicted molar refractivity (Wildman–Crippen MR) is 64.7 cm³/mol. The highest BCUT2D eigenvalue weighted by atomic mass is 32.1. The van der Waals surface area contributed by atoms with Gasteiger partial charge in [-0.05, 0) is 12.1 Å². The van der Waals surface area contributed by atoms with Crippen molar-refractivity contribution in [2.75, 3.05) is 5.32 Å². The van der Waals surface area contributed by atoms with Gasteiger partial charge in [0.05, 0.1) is 5.56 Å². The Balaban J connectivity index is 2.23. The highest BCUT2D eigenvalue weighted by Gasteiger charge is 2.30. The van der Waals surface area contributed by atoms with Crippen LogP contribution in [0.3, 0.4) is 0 Å². The van der Waals surface area contributed by atoms with E-state index in [1.807, 2.05) is 0 Å². The maximum absolute atomic E-state index is 12.4. The Hall–Kier alpha value is -1.96. The van der Waals surface area contributed by atoms with E-state index in [0.29, 0.717) is 15.7 Å². The summed E-state index contributed by atoms with van der Waals surface area (Å²) in [5, 5.41) is 10.7. The van der Waals surface area contributed by atoms with Crippen LogP contribution in [0, 0.1) is 0 Å². The van der Waals surface area contributed by atoms with E-state index in [9.17, 15) is 18.0 Å². The highest BCUT2D eigenvalue weighted by molar-refractivity contribution is 7.18. The number of carbonyl (C=O) groups excluding carboxylic acids is 1. The summed E-state index contributed by atoms with van der Waals surface area (Å²) in [5.41, 5.74) is -0.204. The quantitative estimate of drug-likeness (QED) is 0.923. The van der Waals surface area contributed by atoms with Crippen molar-refractivity contribution in [2.24, 2.45) is 0 Å². The van der Waals surface area contributed by atoms with Gasteiger partial charge < -0.3 is 5.32 Å². The number of benzene rings is 1. The summed E-state index contributed by atoms with van der Waals surface area (Å²) in [6, 6.07) is 4.60.